The number of amides is 2. The molecule has 108 valence electrons. The summed E-state index contributed by atoms with van der Waals surface area (Å²) in [5.41, 5.74) is 4.00. The van der Waals surface area contributed by atoms with E-state index in [4.69, 9.17) is 0 Å². The number of aryl methyl sites for hydroxylation is 2. The van der Waals surface area contributed by atoms with Gasteiger partial charge in [0.1, 0.15) is 6.54 Å². The molecule has 1 aliphatic rings. The largest absolute Gasteiger partial charge is 0.323 e. The second-order valence-corrected chi connectivity index (χ2v) is 5.13. The third-order valence-electron chi connectivity index (χ3n) is 3.68. The maximum absolute atomic E-state index is 12.6. The van der Waals surface area contributed by atoms with E-state index in [2.05, 4.69) is 15.5 Å². The lowest BCUT2D eigenvalue weighted by Crippen LogP contribution is -2.42. The lowest BCUT2D eigenvalue weighted by Gasteiger charge is -2.29. The molecule has 6 heteroatoms. The van der Waals surface area contributed by atoms with Gasteiger partial charge in [0.2, 0.25) is 11.8 Å². The Kier molecular flexibility index (Phi) is 3.21. The summed E-state index contributed by atoms with van der Waals surface area (Å²) in [4.78, 5) is 25.9. The molecule has 0 bridgehead atoms. The fourth-order valence-electron chi connectivity index (χ4n) is 2.54. The zero-order chi connectivity index (χ0) is 15.0. The number of aromatic amines is 1. The molecule has 1 aromatic heterocycles. The van der Waals surface area contributed by atoms with Crippen molar-refractivity contribution in [3.63, 3.8) is 0 Å². The molecule has 1 aliphatic heterocycles. The number of nitrogens with zero attached hydrogens (tertiary/aromatic N) is 2. The number of carbonyl (C=O) groups is 2. The lowest BCUT2D eigenvalue weighted by atomic mass is 10.1. The average molecular weight is 284 g/mol. The zero-order valence-electron chi connectivity index (χ0n) is 11.9. The highest BCUT2D eigenvalue weighted by Gasteiger charge is 2.27. The zero-order valence-corrected chi connectivity index (χ0v) is 11.9. The first-order valence-corrected chi connectivity index (χ1v) is 6.76. The van der Waals surface area contributed by atoms with Crippen LogP contribution in [0.1, 0.15) is 17.0 Å². The number of fused-ring (bicyclic) bond motifs is 1. The molecule has 0 radical (unpaired) electrons. The van der Waals surface area contributed by atoms with Crippen molar-refractivity contribution in [1.29, 1.82) is 0 Å². The molecule has 2 amide bonds. The summed E-state index contributed by atoms with van der Waals surface area (Å²) in [7, 11) is 0. The highest BCUT2D eigenvalue weighted by atomic mass is 16.2. The standard InChI is InChI=1S/C15H16N4O2/c1-9-11(10(2)18-17-9)7-15(21)19-8-14(20)16-12-5-3-4-6-13(12)19/h3-6H,7-8H2,1-2H3,(H,16,20)(H,17,18). The van der Waals surface area contributed by atoms with Gasteiger partial charge in [0.15, 0.2) is 0 Å². The van der Waals surface area contributed by atoms with Gasteiger partial charge in [0.25, 0.3) is 0 Å². The Bertz CT molecular complexity index is 701. The number of rotatable bonds is 2. The summed E-state index contributed by atoms with van der Waals surface area (Å²) in [6, 6.07) is 7.31. The van der Waals surface area contributed by atoms with Crippen molar-refractivity contribution < 1.29 is 9.59 Å². The Morgan fingerprint density at radius 3 is 2.81 bits per heavy atom. The van der Waals surface area contributed by atoms with Crippen LogP contribution in [0.5, 0.6) is 0 Å². The molecule has 0 atom stereocenters. The lowest BCUT2D eigenvalue weighted by molar-refractivity contribution is -0.121. The maximum Gasteiger partial charge on any atom is 0.244 e. The van der Waals surface area contributed by atoms with Crippen LogP contribution < -0.4 is 10.2 Å². The molecular formula is C15H16N4O2. The third kappa shape index (κ3) is 2.40. The summed E-state index contributed by atoms with van der Waals surface area (Å²) in [6.07, 6.45) is 0.232. The third-order valence-corrected chi connectivity index (χ3v) is 3.68. The van der Waals surface area contributed by atoms with Crippen molar-refractivity contribution >= 4 is 23.2 Å². The van der Waals surface area contributed by atoms with Crippen LogP contribution in [0.15, 0.2) is 24.3 Å². The Morgan fingerprint density at radius 2 is 2.10 bits per heavy atom. The van der Waals surface area contributed by atoms with E-state index < -0.39 is 0 Å². The second-order valence-electron chi connectivity index (χ2n) is 5.13. The van der Waals surface area contributed by atoms with Gasteiger partial charge in [-0.1, -0.05) is 12.1 Å². The van der Waals surface area contributed by atoms with E-state index in [1.807, 2.05) is 32.0 Å². The minimum atomic E-state index is -0.178. The number of nitrogens with one attached hydrogen (secondary N) is 2. The highest BCUT2D eigenvalue weighted by Crippen LogP contribution is 2.29. The normalized spacial score (nSPS) is 13.8. The van der Waals surface area contributed by atoms with E-state index in [0.717, 1.165) is 22.6 Å². The van der Waals surface area contributed by atoms with Crippen molar-refractivity contribution in [2.75, 3.05) is 16.8 Å². The molecule has 2 heterocycles. The number of anilines is 2. The predicted octanol–water partition coefficient (Wildman–Crippen LogP) is 1.55. The van der Waals surface area contributed by atoms with E-state index in [-0.39, 0.29) is 24.8 Å². The average Bonchev–Trinajstić information content (AvgIpc) is 2.78. The molecule has 0 aliphatic carbocycles. The van der Waals surface area contributed by atoms with Crippen molar-refractivity contribution in [2.45, 2.75) is 20.3 Å². The van der Waals surface area contributed by atoms with Crippen LogP contribution in [0, 0.1) is 13.8 Å². The van der Waals surface area contributed by atoms with Crippen molar-refractivity contribution in [1.82, 2.24) is 10.2 Å². The molecule has 0 saturated carbocycles. The van der Waals surface area contributed by atoms with Gasteiger partial charge in [-0.25, -0.2) is 0 Å². The number of aromatic nitrogens is 2. The van der Waals surface area contributed by atoms with Gasteiger partial charge in [-0.2, -0.15) is 5.10 Å². The van der Waals surface area contributed by atoms with E-state index in [9.17, 15) is 9.59 Å². The summed E-state index contributed by atoms with van der Waals surface area (Å²) >= 11 is 0. The molecule has 3 rings (SSSR count). The van der Waals surface area contributed by atoms with Crippen molar-refractivity contribution in [2.24, 2.45) is 0 Å². The number of hydrogen-bond acceptors (Lipinski definition) is 3. The monoisotopic (exact) mass is 284 g/mol. The van der Waals surface area contributed by atoms with Gasteiger partial charge in [-0.15, -0.1) is 0 Å². The number of H-pyrrole nitrogens is 1. The van der Waals surface area contributed by atoms with Crippen molar-refractivity contribution in [3.05, 3.63) is 41.2 Å². The van der Waals surface area contributed by atoms with Crippen molar-refractivity contribution in [3.8, 4) is 0 Å². The van der Waals surface area contributed by atoms with Gasteiger partial charge in [0.05, 0.1) is 23.5 Å². The van der Waals surface area contributed by atoms with Gasteiger partial charge in [-0.05, 0) is 26.0 Å². The van der Waals surface area contributed by atoms with Gasteiger partial charge < -0.3 is 10.2 Å². The Morgan fingerprint density at radius 1 is 1.33 bits per heavy atom. The minimum absolute atomic E-state index is 0.0474. The maximum atomic E-state index is 12.6. The Balaban J connectivity index is 1.90. The number of benzene rings is 1. The van der Waals surface area contributed by atoms with E-state index in [1.54, 1.807) is 6.07 Å². The topological polar surface area (TPSA) is 78.1 Å². The summed E-state index contributed by atoms with van der Waals surface area (Å²) in [5, 5.41) is 9.75. The fraction of sp³-hybridized carbons (Fsp3) is 0.267. The van der Waals surface area contributed by atoms with E-state index in [1.165, 1.54) is 4.90 Å². The van der Waals surface area contributed by atoms with Gasteiger partial charge >= 0.3 is 0 Å². The summed E-state index contributed by atoms with van der Waals surface area (Å²) < 4.78 is 0. The molecule has 2 N–H and O–H groups in total. The molecular weight excluding hydrogens is 268 g/mol. The first kappa shape index (κ1) is 13.4. The second kappa shape index (κ2) is 5.05. The molecule has 0 spiro atoms. The Hall–Kier alpha value is -2.63. The number of hydrogen-bond donors (Lipinski definition) is 2. The molecule has 21 heavy (non-hydrogen) atoms. The summed E-state index contributed by atoms with van der Waals surface area (Å²) in [6.45, 7) is 3.80. The van der Waals surface area contributed by atoms with Crippen LogP contribution in [-0.2, 0) is 16.0 Å². The van der Waals surface area contributed by atoms with Crippen LogP contribution in [0.25, 0.3) is 0 Å². The first-order chi connectivity index (χ1) is 10.1. The quantitative estimate of drug-likeness (QED) is 0.878. The van der Waals surface area contributed by atoms with Crippen LogP contribution in [0.4, 0.5) is 11.4 Å². The molecule has 2 aromatic rings. The smallest absolute Gasteiger partial charge is 0.244 e. The van der Waals surface area contributed by atoms with Crippen LogP contribution in [0.3, 0.4) is 0 Å². The van der Waals surface area contributed by atoms with Gasteiger partial charge in [0, 0.05) is 11.3 Å². The fourth-order valence-corrected chi connectivity index (χ4v) is 2.54. The predicted molar refractivity (Wildman–Crippen MR) is 79.2 cm³/mol. The number of carbonyl (C=O) groups excluding carboxylic acids is 2. The van der Waals surface area contributed by atoms with Gasteiger partial charge in [-0.3, -0.25) is 14.7 Å². The molecule has 1 aromatic carbocycles. The summed E-state index contributed by atoms with van der Waals surface area (Å²) in [5.74, 6) is -0.285. The highest BCUT2D eigenvalue weighted by molar-refractivity contribution is 6.10. The molecule has 0 unspecified atom stereocenters. The van der Waals surface area contributed by atoms with E-state index >= 15 is 0 Å². The molecule has 6 nitrogen and oxygen atoms in total. The Labute approximate surface area is 122 Å². The van der Waals surface area contributed by atoms with E-state index in [0.29, 0.717) is 5.69 Å². The molecule has 0 fully saturated rings. The van der Waals surface area contributed by atoms with Crippen LogP contribution in [0.2, 0.25) is 0 Å². The molecule has 0 saturated heterocycles. The number of para-hydroxylation sites is 2. The minimum Gasteiger partial charge on any atom is -0.323 e. The van der Waals surface area contributed by atoms with Crippen LogP contribution >= 0.6 is 0 Å². The SMILES string of the molecule is Cc1n[nH]c(C)c1CC(=O)N1CC(=O)Nc2ccccc21. The van der Waals surface area contributed by atoms with Crippen LogP contribution in [-0.4, -0.2) is 28.6 Å². The first-order valence-electron chi connectivity index (χ1n) is 6.76.